The zero-order chi connectivity index (χ0) is 18.0. The molecule has 0 radical (unpaired) electrons. The molecule has 7 nitrogen and oxygen atoms in total. The van der Waals surface area contributed by atoms with Gasteiger partial charge in [-0.25, -0.2) is 4.98 Å². The number of methoxy groups -OCH3 is 1. The van der Waals surface area contributed by atoms with Gasteiger partial charge in [0.05, 0.1) is 12.7 Å². The van der Waals surface area contributed by atoms with Gasteiger partial charge >= 0.3 is 0 Å². The van der Waals surface area contributed by atoms with E-state index < -0.39 is 5.60 Å². The summed E-state index contributed by atoms with van der Waals surface area (Å²) in [7, 11) is 3.57. The second-order valence-corrected chi connectivity index (χ2v) is 7.14. The average molecular weight is 345 g/mol. The van der Waals surface area contributed by atoms with Gasteiger partial charge in [-0.15, -0.1) is 10.2 Å². The van der Waals surface area contributed by atoms with Gasteiger partial charge in [-0.1, -0.05) is 0 Å². The first-order valence-electron chi connectivity index (χ1n) is 8.69. The van der Waals surface area contributed by atoms with Crippen molar-refractivity contribution in [2.24, 2.45) is 7.05 Å². The number of likely N-dealkylation sites (tertiary alicyclic amines) is 1. The molecule has 1 unspecified atom stereocenters. The number of aromatic nitrogens is 4. The summed E-state index contributed by atoms with van der Waals surface area (Å²) in [6.07, 6.45) is 3.92. The highest BCUT2D eigenvalue weighted by atomic mass is 16.5. The summed E-state index contributed by atoms with van der Waals surface area (Å²) < 4.78 is 7.35. The van der Waals surface area contributed by atoms with Gasteiger partial charge in [0, 0.05) is 37.8 Å². The van der Waals surface area contributed by atoms with Crippen LogP contribution >= 0.6 is 0 Å². The number of ether oxygens (including phenoxy) is 1. The molecule has 0 saturated carbocycles. The number of rotatable bonds is 5. The lowest BCUT2D eigenvalue weighted by Crippen LogP contribution is -2.49. The molecule has 25 heavy (non-hydrogen) atoms. The van der Waals surface area contributed by atoms with Crippen molar-refractivity contribution in [3.05, 3.63) is 35.0 Å². The van der Waals surface area contributed by atoms with E-state index in [-0.39, 0.29) is 0 Å². The van der Waals surface area contributed by atoms with E-state index in [2.05, 4.69) is 33.1 Å². The first-order chi connectivity index (χ1) is 11.9. The molecule has 1 aliphatic rings. The van der Waals surface area contributed by atoms with Crippen LogP contribution < -0.4 is 4.74 Å². The molecule has 0 amide bonds. The first-order valence-corrected chi connectivity index (χ1v) is 8.69. The number of piperidine rings is 1. The SMILES string of the molecule is COc1nc(C)cc(C)c1CN1CCCC(O)(Cc2nncn2C)C1. The Bertz CT molecular complexity index is 745. The van der Waals surface area contributed by atoms with Crippen molar-refractivity contribution in [2.75, 3.05) is 20.2 Å². The monoisotopic (exact) mass is 345 g/mol. The molecule has 1 fully saturated rings. The van der Waals surface area contributed by atoms with E-state index in [9.17, 15) is 5.11 Å². The van der Waals surface area contributed by atoms with Crippen molar-refractivity contribution in [2.45, 2.75) is 45.3 Å². The quantitative estimate of drug-likeness (QED) is 0.883. The van der Waals surface area contributed by atoms with Gasteiger partial charge in [0.2, 0.25) is 5.88 Å². The van der Waals surface area contributed by atoms with Crippen molar-refractivity contribution >= 4 is 0 Å². The van der Waals surface area contributed by atoms with Crippen LogP contribution in [0.3, 0.4) is 0 Å². The molecular weight excluding hydrogens is 318 g/mol. The number of aryl methyl sites for hydroxylation is 3. The molecule has 0 spiro atoms. The molecule has 0 aliphatic carbocycles. The predicted molar refractivity (Wildman–Crippen MR) is 94.4 cm³/mol. The standard InChI is InChI=1S/C18H27N5O2/c1-13-8-14(2)20-17(25-4)15(13)10-23-7-5-6-18(24,11-23)9-16-21-19-12-22(16)3/h8,12,24H,5-7,9-11H2,1-4H3. The van der Waals surface area contributed by atoms with E-state index in [1.165, 1.54) is 5.56 Å². The number of hydrogen-bond donors (Lipinski definition) is 1. The molecule has 3 rings (SSSR count). The van der Waals surface area contributed by atoms with Gasteiger partial charge in [0.1, 0.15) is 12.2 Å². The Hall–Kier alpha value is -1.99. The van der Waals surface area contributed by atoms with Crippen molar-refractivity contribution < 1.29 is 9.84 Å². The van der Waals surface area contributed by atoms with E-state index in [0.29, 0.717) is 18.8 Å². The second kappa shape index (κ2) is 7.09. The lowest BCUT2D eigenvalue weighted by Gasteiger charge is -2.39. The maximum absolute atomic E-state index is 11.1. The van der Waals surface area contributed by atoms with Crippen LogP contribution in [0.15, 0.2) is 12.4 Å². The average Bonchev–Trinajstić information content (AvgIpc) is 2.94. The van der Waals surface area contributed by atoms with Crippen LogP contribution in [0.2, 0.25) is 0 Å². The van der Waals surface area contributed by atoms with Crippen LogP contribution in [0.1, 0.15) is 35.5 Å². The highest BCUT2D eigenvalue weighted by Crippen LogP contribution is 2.28. The summed E-state index contributed by atoms with van der Waals surface area (Å²) in [5.74, 6) is 1.50. The van der Waals surface area contributed by atoms with Crippen LogP contribution in [-0.4, -0.2) is 55.6 Å². The largest absolute Gasteiger partial charge is 0.481 e. The van der Waals surface area contributed by atoms with Crippen molar-refractivity contribution in [1.82, 2.24) is 24.6 Å². The zero-order valence-electron chi connectivity index (χ0n) is 15.5. The number of pyridine rings is 1. The van der Waals surface area contributed by atoms with Gasteiger partial charge in [-0.05, 0) is 44.9 Å². The summed E-state index contributed by atoms with van der Waals surface area (Å²) in [5, 5.41) is 19.1. The van der Waals surface area contributed by atoms with Crippen LogP contribution in [0.4, 0.5) is 0 Å². The number of nitrogens with zero attached hydrogens (tertiary/aromatic N) is 5. The van der Waals surface area contributed by atoms with Gasteiger partial charge in [0.15, 0.2) is 0 Å². The molecule has 136 valence electrons. The van der Waals surface area contributed by atoms with Crippen LogP contribution in [0, 0.1) is 13.8 Å². The lowest BCUT2D eigenvalue weighted by atomic mass is 9.89. The third-order valence-corrected chi connectivity index (χ3v) is 4.94. The first kappa shape index (κ1) is 17.8. The fourth-order valence-electron chi connectivity index (χ4n) is 3.66. The summed E-state index contributed by atoms with van der Waals surface area (Å²) in [6, 6.07) is 2.08. The topological polar surface area (TPSA) is 76.3 Å². The smallest absolute Gasteiger partial charge is 0.218 e. The van der Waals surface area contributed by atoms with E-state index in [0.717, 1.165) is 43.0 Å². The Labute approximate surface area is 148 Å². The molecule has 2 aromatic rings. The van der Waals surface area contributed by atoms with E-state index in [1.807, 2.05) is 18.5 Å². The number of β-amino-alcohol motifs (C(OH)–C–C–N with tert-alkyl or cyclic N) is 1. The molecule has 1 atom stereocenters. The molecular formula is C18H27N5O2. The van der Waals surface area contributed by atoms with Gasteiger partial charge in [-0.2, -0.15) is 0 Å². The molecule has 1 aliphatic heterocycles. The van der Waals surface area contributed by atoms with Gasteiger partial charge in [-0.3, -0.25) is 4.90 Å². The molecule has 1 N–H and O–H groups in total. The van der Waals surface area contributed by atoms with E-state index >= 15 is 0 Å². The van der Waals surface area contributed by atoms with Gasteiger partial charge < -0.3 is 14.4 Å². The normalized spacial score (nSPS) is 21.5. The Morgan fingerprint density at radius 3 is 2.84 bits per heavy atom. The third kappa shape index (κ3) is 3.99. The maximum Gasteiger partial charge on any atom is 0.218 e. The molecule has 2 aromatic heterocycles. The van der Waals surface area contributed by atoms with Crippen LogP contribution in [-0.2, 0) is 20.0 Å². The molecule has 3 heterocycles. The lowest BCUT2D eigenvalue weighted by molar-refractivity contribution is -0.0347. The highest BCUT2D eigenvalue weighted by molar-refractivity contribution is 5.36. The third-order valence-electron chi connectivity index (χ3n) is 4.94. The summed E-state index contributed by atoms with van der Waals surface area (Å²) in [5.41, 5.74) is 2.44. The fraction of sp³-hybridized carbons (Fsp3) is 0.611. The van der Waals surface area contributed by atoms with Crippen molar-refractivity contribution in [3.63, 3.8) is 0 Å². The van der Waals surface area contributed by atoms with E-state index in [4.69, 9.17) is 4.74 Å². The maximum atomic E-state index is 11.1. The van der Waals surface area contributed by atoms with Crippen LogP contribution in [0.25, 0.3) is 0 Å². The fourth-order valence-corrected chi connectivity index (χ4v) is 3.66. The minimum absolute atomic E-state index is 0.516. The van der Waals surface area contributed by atoms with Crippen molar-refractivity contribution in [1.29, 1.82) is 0 Å². The zero-order valence-corrected chi connectivity index (χ0v) is 15.5. The molecule has 1 saturated heterocycles. The summed E-state index contributed by atoms with van der Waals surface area (Å²) >= 11 is 0. The van der Waals surface area contributed by atoms with Crippen molar-refractivity contribution in [3.8, 4) is 5.88 Å². The Balaban J connectivity index is 1.75. The minimum Gasteiger partial charge on any atom is -0.481 e. The minimum atomic E-state index is -0.779. The second-order valence-electron chi connectivity index (χ2n) is 7.14. The Kier molecular flexibility index (Phi) is 5.06. The predicted octanol–water partition coefficient (Wildman–Crippen LogP) is 1.41. The highest BCUT2D eigenvalue weighted by Gasteiger charge is 2.35. The number of hydrogen-bond acceptors (Lipinski definition) is 6. The van der Waals surface area contributed by atoms with Gasteiger partial charge in [0.25, 0.3) is 0 Å². The summed E-state index contributed by atoms with van der Waals surface area (Å²) in [6.45, 7) is 6.35. The Morgan fingerprint density at radius 1 is 1.36 bits per heavy atom. The molecule has 7 heteroatoms. The summed E-state index contributed by atoms with van der Waals surface area (Å²) in [4.78, 5) is 6.77. The molecule has 0 bridgehead atoms. The van der Waals surface area contributed by atoms with Crippen LogP contribution in [0.5, 0.6) is 5.88 Å². The Morgan fingerprint density at radius 2 is 2.16 bits per heavy atom. The van der Waals surface area contributed by atoms with E-state index in [1.54, 1.807) is 13.4 Å². The molecule has 0 aromatic carbocycles. The number of aliphatic hydroxyl groups is 1.